The van der Waals surface area contributed by atoms with Gasteiger partial charge in [-0.15, -0.1) is 12.4 Å². The standard InChI is InChI=1S/C17H27N3O2.ClH/c1-13-6-7-16(22-3)15(11-13)19-17(21)12-20(2)14-5-4-9-18-10-8-14;/h6-7,11,14,18H,4-5,8-10,12H2,1-3H3,(H,19,21);1H. The summed E-state index contributed by atoms with van der Waals surface area (Å²) in [6.07, 6.45) is 3.41. The number of aryl methyl sites for hydroxylation is 1. The molecule has 1 atom stereocenters. The minimum atomic E-state index is 0. The lowest BCUT2D eigenvalue weighted by Crippen LogP contribution is -2.38. The first-order chi connectivity index (χ1) is 10.6. The molecule has 1 aliphatic rings. The smallest absolute Gasteiger partial charge is 0.238 e. The second-order valence-electron chi connectivity index (χ2n) is 6.00. The number of carbonyl (C=O) groups is 1. The molecular formula is C17H28ClN3O2. The number of nitrogens with zero attached hydrogens (tertiary/aromatic N) is 1. The van der Waals surface area contributed by atoms with Crippen molar-refractivity contribution in [2.24, 2.45) is 0 Å². The normalized spacial score (nSPS) is 18.0. The minimum absolute atomic E-state index is 0. The Morgan fingerprint density at radius 3 is 2.91 bits per heavy atom. The summed E-state index contributed by atoms with van der Waals surface area (Å²) in [6, 6.07) is 6.26. The maximum atomic E-state index is 12.3. The molecule has 6 heteroatoms. The fourth-order valence-electron chi connectivity index (χ4n) is 2.91. The van der Waals surface area contributed by atoms with E-state index in [2.05, 4.69) is 15.5 Å². The van der Waals surface area contributed by atoms with E-state index >= 15 is 0 Å². The van der Waals surface area contributed by atoms with E-state index in [1.54, 1.807) is 7.11 Å². The molecule has 130 valence electrons. The Bertz CT molecular complexity index is 503. The number of carbonyl (C=O) groups excluding carboxylic acids is 1. The van der Waals surface area contributed by atoms with Crippen LogP contribution in [-0.2, 0) is 4.79 Å². The first-order valence-corrected chi connectivity index (χ1v) is 7.95. The number of hydrogen-bond acceptors (Lipinski definition) is 4. The number of rotatable bonds is 5. The number of methoxy groups -OCH3 is 1. The summed E-state index contributed by atoms with van der Waals surface area (Å²) < 4.78 is 5.30. The highest BCUT2D eigenvalue weighted by molar-refractivity contribution is 5.93. The average molecular weight is 342 g/mol. The highest BCUT2D eigenvalue weighted by Crippen LogP contribution is 2.25. The molecule has 23 heavy (non-hydrogen) atoms. The Labute approximate surface area is 145 Å². The van der Waals surface area contributed by atoms with Crippen molar-refractivity contribution in [3.63, 3.8) is 0 Å². The maximum absolute atomic E-state index is 12.3. The van der Waals surface area contributed by atoms with Crippen molar-refractivity contribution in [2.75, 3.05) is 39.1 Å². The van der Waals surface area contributed by atoms with Gasteiger partial charge in [-0.25, -0.2) is 0 Å². The predicted molar refractivity (Wildman–Crippen MR) is 96.7 cm³/mol. The number of anilines is 1. The van der Waals surface area contributed by atoms with E-state index in [1.807, 2.05) is 32.2 Å². The Hall–Kier alpha value is -1.30. The van der Waals surface area contributed by atoms with Crippen LogP contribution in [0.3, 0.4) is 0 Å². The van der Waals surface area contributed by atoms with Crippen LogP contribution in [0, 0.1) is 6.92 Å². The fraction of sp³-hybridized carbons (Fsp3) is 0.588. The van der Waals surface area contributed by atoms with Crippen LogP contribution in [-0.4, -0.2) is 50.6 Å². The van der Waals surface area contributed by atoms with E-state index in [0.717, 1.165) is 37.2 Å². The number of hydrogen-bond donors (Lipinski definition) is 2. The Balaban J connectivity index is 0.00000264. The zero-order valence-corrected chi connectivity index (χ0v) is 15.0. The number of likely N-dealkylation sites (N-methyl/N-ethyl adjacent to an activating group) is 1. The third-order valence-electron chi connectivity index (χ3n) is 4.19. The third kappa shape index (κ3) is 6.01. The molecule has 0 radical (unpaired) electrons. The summed E-state index contributed by atoms with van der Waals surface area (Å²) in [6.45, 7) is 4.51. The van der Waals surface area contributed by atoms with Crippen LogP contribution in [0.15, 0.2) is 18.2 Å². The van der Waals surface area contributed by atoms with Crippen molar-refractivity contribution in [1.29, 1.82) is 0 Å². The van der Waals surface area contributed by atoms with Gasteiger partial charge >= 0.3 is 0 Å². The highest BCUT2D eigenvalue weighted by atomic mass is 35.5. The van der Waals surface area contributed by atoms with Gasteiger partial charge in [0.25, 0.3) is 0 Å². The summed E-state index contributed by atoms with van der Waals surface area (Å²) in [5.41, 5.74) is 1.84. The molecule has 5 nitrogen and oxygen atoms in total. The monoisotopic (exact) mass is 341 g/mol. The van der Waals surface area contributed by atoms with Gasteiger partial charge < -0.3 is 15.4 Å². The Morgan fingerprint density at radius 1 is 1.39 bits per heavy atom. The topological polar surface area (TPSA) is 53.6 Å². The molecular weight excluding hydrogens is 314 g/mol. The maximum Gasteiger partial charge on any atom is 0.238 e. The van der Waals surface area contributed by atoms with Crippen LogP contribution in [0.2, 0.25) is 0 Å². The van der Waals surface area contributed by atoms with Gasteiger partial charge in [-0.05, 0) is 64.0 Å². The van der Waals surface area contributed by atoms with Gasteiger partial charge in [0.15, 0.2) is 0 Å². The van der Waals surface area contributed by atoms with Crippen molar-refractivity contribution in [3.05, 3.63) is 23.8 Å². The lowest BCUT2D eigenvalue weighted by atomic mass is 10.1. The lowest BCUT2D eigenvalue weighted by molar-refractivity contribution is -0.117. The summed E-state index contributed by atoms with van der Waals surface area (Å²) in [5.74, 6) is 0.698. The molecule has 1 aliphatic heterocycles. The highest BCUT2D eigenvalue weighted by Gasteiger charge is 2.19. The van der Waals surface area contributed by atoms with E-state index in [-0.39, 0.29) is 18.3 Å². The molecule has 1 unspecified atom stereocenters. The van der Waals surface area contributed by atoms with Gasteiger partial charge in [0, 0.05) is 6.04 Å². The molecule has 1 aromatic rings. The van der Waals surface area contributed by atoms with Crippen LogP contribution in [0.1, 0.15) is 24.8 Å². The quantitative estimate of drug-likeness (QED) is 0.863. The van der Waals surface area contributed by atoms with Crippen LogP contribution in [0.5, 0.6) is 5.75 Å². The van der Waals surface area contributed by atoms with Gasteiger partial charge in [0.2, 0.25) is 5.91 Å². The SMILES string of the molecule is COc1ccc(C)cc1NC(=O)CN(C)C1CCCNCC1.Cl. The molecule has 0 spiro atoms. The first-order valence-electron chi connectivity index (χ1n) is 7.95. The second-order valence-corrected chi connectivity index (χ2v) is 6.00. The zero-order chi connectivity index (χ0) is 15.9. The van der Waals surface area contributed by atoms with Crippen molar-refractivity contribution in [3.8, 4) is 5.75 Å². The first kappa shape index (κ1) is 19.7. The summed E-state index contributed by atoms with van der Waals surface area (Å²) in [7, 11) is 3.65. The number of ether oxygens (including phenoxy) is 1. The summed E-state index contributed by atoms with van der Waals surface area (Å²) in [4.78, 5) is 14.5. The molecule has 1 fully saturated rings. The molecule has 0 bridgehead atoms. The summed E-state index contributed by atoms with van der Waals surface area (Å²) in [5, 5.41) is 6.37. The molecule has 1 heterocycles. The van der Waals surface area contributed by atoms with Crippen molar-refractivity contribution in [1.82, 2.24) is 10.2 Å². The van der Waals surface area contributed by atoms with Crippen LogP contribution < -0.4 is 15.4 Å². The van der Waals surface area contributed by atoms with Crippen molar-refractivity contribution >= 4 is 24.0 Å². The van der Waals surface area contributed by atoms with Gasteiger partial charge in [0.1, 0.15) is 5.75 Å². The predicted octanol–water partition coefficient (Wildman–Crippen LogP) is 2.44. The molecule has 2 rings (SSSR count). The van der Waals surface area contributed by atoms with Gasteiger partial charge in [-0.1, -0.05) is 6.07 Å². The van der Waals surface area contributed by atoms with E-state index in [4.69, 9.17) is 4.74 Å². The fourth-order valence-corrected chi connectivity index (χ4v) is 2.91. The van der Waals surface area contributed by atoms with Gasteiger partial charge in [0.05, 0.1) is 19.3 Å². The number of amides is 1. The summed E-state index contributed by atoms with van der Waals surface area (Å²) >= 11 is 0. The van der Waals surface area contributed by atoms with Gasteiger partial charge in [-0.3, -0.25) is 9.69 Å². The van der Waals surface area contributed by atoms with E-state index in [1.165, 1.54) is 6.42 Å². The van der Waals surface area contributed by atoms with Crippen molar-refractivity contribution in [2.45, 2.75) is 32.2 Å². The number of benzene rings is 1. The van der Waals surface area contributed by atoms with Gasteiger partial charge in [-0.2, -0.15) is 0 Å². The molecule has 0 saturated carbocycles. The van der Waals surface area contributed by atoms with Crippen molar-refractivity contribution < 1.29 is 9.53 Å². The Kier molecular flexibility index (Phi) is 8.37. The largest absolute Gasteiger partial charge is 0.495 e. The van der Waals surface area contributed by atoms with E-state index in [9.17, 15) is 4.79 Å². The van der Waals surface area contributed by atoms with E-state index in [0.29, 0.717) is 18.3 Å². The van der Waals surface area contributed by atoms with Crippen LogP contribution in [0.25, 0.3) is 0 Å². The average Bonchev–Trinajstić information content (AvgIpc) is 2.76. The van der Waals surface area contributed by atoms with Crippen LogP contribution in [0.4, 0.5) is 5.69 Å². The molecule has 1 aromatic carbocycles. The number of halogens is 1. The minimum Gasteiger partial charge on any atom is -0.495 e. The molecule has 1 amide bonds. The molecule has 1 saturated heterocycles. The number of nitrogens with one attached hydrogen (secondary N) is 2. The third-order valence-corrected chi connectivity index (χ3v) is 4.19. The molecule has 0 aliphatic carbocycles. The zero-order valence-electron chi connectivity index (χ0n) is 14.2. The van der Waals surface area contributed by atoms with E-state index < -0.39 is 0 Å². The Morgan fingerprint density at radius 2 is 2.17 bits per heavy atom. The molecule has 2 N–H and O–H groups in total. The molecule has 0 aromatic heterocycles. The lowest BCUT2D eigenvalue weighted by Gasteiger charge is -2.26. The van der Waals surface area contributed by atoms with Crippen LogP contribution >= 0.6 is 12.4 Å². The second kappa shape index (κ2) is 9.75.